The van der Waals surface area contributed by atoms with Gasteiger partial charge in [0.25, 0.3) is 0 Å². The number of hydrogen-bond donors (Lipinski definition) is 3. The molecular formula is C10H22ClN3O. The number of nitrogens with one attached hydrogen (secondary N) is 2. The van der Waals surface area contributed by atoms with E-state index in [9.17, 15) is 4.79 Å². The Kier molecular flexibility index (Phi) is 6.17. The van der Waals surface area contributed by atoms with Crippen molar-refractivity contribution < 1.29 is 4.79 Å². The van der Waals surface area contributed by atoms with Gasteiger partial charge in [-0.25, -0.2) is 0 Å². The first-order valence-electron chi connectivity index (χ1n) is 5.29. The zero-order valence-corrected chi connectivity index (χ0v) is 10.3. The second-order valence-corrected chi connectivity index (χ2v) is 4.50. The molecule has 1 amide bonds. The van der Waals surface area contributed by atoms with E-state index in [1.807, 2.05) is 13.8 Å². The minimum atomic E-state index is -0.194. The van der Waals surface area contributed by atoms with E-state index in [0.29, 0.717) is 6.54 Å². The number of halogens is 1. The lowest BCUT2D eigenvalue weighted by atomic mass is 9.80. The molecular weight excluding hydrogens is 214 g/mol. The summed E-state index contributed by atoms with van der Waals surface area (Å²) in [6.45, 7) is 6.36. The van der Waals surface area contributed by atoms with Gasteiger partial charge in [0.15, 0.2) is 0 Å². The Balaban J connectivity index is 0.00000196. The normalized spacial score (nSPS) is 21.3. The molecule has 1 aliphatic rings. The van der Waals surface area contributed by atoms with E-state index in [2.05, 4.69) is 10.6 Å². The standard InChI is InChI=1S/C10H21N3O.ClH/c1-8(11)7-13-9(14)10(2)3-5-12-6-4-10;/h8,12H,3-7,11H2,1-2H3,(H,13,14);1H. The van der Waals surface area contributed by atoms with E-state index < -0.39 is 0 Å². The summed E-state index contributed by atoms with van der Waals surface area (Å²) in [7, 11) is 0. The first-order chi connectivity index (χ1) is 6.54. The quantitative estimate of drug-likeness (QED) is 0.658. The van der Waals surface area contributed by atoms with Crippen LogP contribution in [0.4, 0.5) is 0 Å². The average Bonchev–Trinajstić information content (AvgIpc) is 2.15. The van der Waals surface area contributed by atoms with Crippen molar-refractivity contribution in [2.75, 3.05) is 19.6 Å². The fraction of sp³-hybridized carbons (Fsp3) is 0.900. The van der Waals surface area contributed by atoms with Gasteiger partial charge in [-0.05, 0) is 32.9 Å². The van der Waals surface area contributed by atoms with Crippen molar-refractivity contribution in [3.05, 3.63) is 0 Å². The van der Waals surface area contributed by atoms with Crippen molar-refractivity contribution >= 4 is 18.3 Å². The van der Waals surface area contributed by atoms with Crippen molar-refractivity contribution in [3.63, 3.8) is 0 Å². The third kappa shape index (κ3) is 4.36. The van der Waals surface area contributed by atoms with E-state index in [1.165, 1.54) is 0 Å². The molecule has 0 bridgehead atoms. The van der Waals surface area contributed by atoms with Crippen molar-refractivity contribution in [1.82, 2.24) is 10.6 Å². The molecule has 1 atom stereocenters. The van der Waals surface area contributed by atoms with Gasteiger partial charge in [-0.2, -0.15) is 0 Å². The molecule has 90 valence electrons. The molecule has 0 aromatic carbocycles. The summed E-state index contributed by atoms with van der Waals surface area (Å²) < 4.78 is 0. The molecule has 1 fully saturated rings. The molecule has 1 unspecified atom stereocenters. The second-order valence-electron chi connectivity index (χ2n) is 4.50. The van der Waals surface area contributed by atoms with E-state index in [1.54, 1.807) is 0 Å². The molecule has 4 nitrogen and oxygen atoms in total. The van der Waals surface area contributed by atoms with Crippen LogP contribution >= 0.6 is 12.4 Å². The summed E-state index contributed by atoms with van der Waals surface area (Å²) in [5, 5.41) is 6.16. The number of piperidine rings is 1. The molecule has 0 saturated carbocycles. The van der Waals surface area contributed by atoms with Crippen molar-refractivity contribution in [2.24, 2.45) is 11.1 Å². The molecule has 5 heteroatoms. The summed E-state index contributed by atoms with van der Waals surface area (Å²) in [6, 6.07) is 0.0317. The Morgan fingerprint density at radius 3 is 2.53 bits per heavy atom. The highest BCUT2D eigenvalue weighted by Crippen LogP contribution is 2.27. The van der Waals surface area contributed by atoms with Gasteiger partial charge in [-0.1, -0.05) is 6.92 Å². The molecule has 15 heavy (non-hydrogen) atoms. The van der Waals surface area contributed by atoms with Gasteiger partial charge >= 0.3 is 0 Å². The number of amides is 1. The zero-order valence-electron chi connectivity index (χ0n) is 9.51. The van der Waals surface area contributed by atoms with Crippen LogP contribution in [0.2, 0.25) is 0 Å². The summed E-state index contributed by atoms with van der Waals surface area (Å²) in [6.07, 6.45) is 1.83. The number of hydrogen-bond acceptors (Lipinski definition) is 3. The maximum atomic E-state index is 11.8. The molecule has 0 spiro atoms. The fourth-order valence-corrected chi connectivity index (χ4v) is 1.67. The molecule has 1 saturated heterocycles. The van der Waals surface area contributed by atoms with E-state index in [0.717, 1.165) is 25.9 Å². The van der Waals surface area contributed by atoms with Crippen LogP contribution in [-0.2, 0) is 4.79 Å². The van der Waals surface area contributed by atoms with Crippen molar-refractivity contribution in [2.45, 2.75) is 32.7 Å². The first kappa shape index (κ1) is 14.7. The van der Waals surface area contributed by atoms with Gasteiger partial charge in [0, 0.05) is 18.0 Å². The Morgan fingerprint density at radius 2 is 2.07 bits per heavy atom. The molecule has 4 N–H and O–H groups in total. The minimum absolute atomic E-state index is 0. The average molecular weight is 236 g/mol. The Labute approximate surface area is 97.8 Å². The summed E-state index contributed by atoms with van der Waals surface area (Å²) in [4.78, 5) is 11.8. The van der Waals surface area contributed by atoms with Gasteiger partial charge in [0.1, 0.15) is 0 Å². The molecule has 0 radical (unpaired) electrons. The van der Waals surface area contributed by atoms with Crippen LogP contribution in [-0.4, -0.2) is 31.6 Å². The zero-order chi connectivity index (χ0) is 10.6. The second kappa shape index (κ2) is 6.30. The van der Waals surface area contributed by atoms with Crippen LogP contribution in [0.5, 0.6) is 0 Å². The molecule has 1 rings (SSSR count). The van der Waals surface area contributed by atoms with Crippen LogP contribution in [0.25, 0.3) is 0 Å². The number of carbonyl (C=O) groups excluding carboxylic acids is 1. The first-order valence-corrected chi connectivity index (χ1v) is 5.29. The van der Waals surface area contributed by atoms with Crippen LogP contribution in [0.3, 0.4) is 0 Å². The van der Waals surface area contributed by atoms with Gasteiger partial charge in [0.05, 0.1) is 0 Å². The van der Waals surface area contributed by atoms with Gasteiger partial charge in [0.2, 0.25) is 5.91 Å². The van der Waals surface area contributed by atoms with E-state index in [4.69, 9.17) is 5.73 Å². The summed E-state index contributed by atoms with van der Waals surface area (Å²) in [5.74, 6) is 0.149. The molecule has 0 aromatic heterocycles. The van der Waals surface area contributed by atoms with Gasteiger partial charge in [-0.3, -0.25) is 4.79 Å². The Hall–Kier alpha value is -0.320. The van der Waals surface area contributed by atoms with E-state index in [-0.39, 0.29) is 29.8 Å². The SMILES string of the molecule is CC(N)CNC(=O)C1(C)CCNCC1.Cl. The van der Waals surface area contributed by atoms with Crippen LogP contribution in [0.1, 0.15) is 26.7 Å². The highest BCUT2D eigenvalue weighted by atomic mass is 35.5. The summed E-state index contributed by atoms with van der Waals surface area (Å²) >= 11 is 0. The molecule has 1 aliphatic heterocycles. The Morgan fingerprint density at radius 1 is 1.53 bits per heavy atom. The van der Waals surface area contributed by atoms with Gasteiger partial charge < -0.3 is 16.4 Å². The molecule has 0 aliphatic carbocycles. The summed E-state index contributed by atoms with van der Waals surface area (Å²) in [5.41, 5.74) is 5.39. The smallest absolute Gasteiger partial charge is 0.226 e. The number of carbonyl (C=O) groups is 1. The third-order valence-corrected chi connectivity index (χ3v) is 2.84. The number of rotatable bonds is 3. The predicted molar refractivity (Wildman–Crippen MR) is 64.1 cm³/mol. The minimum Gasteiger partial charge on any atom is -0.354 e. The number of nitrogens with two attached hydrogens (primary N) is 1. The van der Waals surface area contributed by atoms with E-state index >= 15 is 0 Å². The Bertz CT molecular complexity index is 203. The molecule has 1 heterocycles. The lowest BCUT2D eigenvalue weighted by Crippen LogP contribution is -2.48. The fourth-order valence-electron chi connectivity index (χ4n) is 1.67. The lowest BCUT2D eigenvalue weighted by Gasteiger charge is -2.32. The van der Waals surface area contributed by atoms with Crippen LogP contribution in [0.15, 0.2) is 0 Å². The largest absolute Gasteiger partial charge is 0.354 e. The topological polar surface area (TPSA) is 67.1 Å². The van der Waals surface area contributed by atoms with Gasteiger partial charge in [-0.15, -0.1) is 12.4 Å². The maximum Gasteiger partial charge on any atom is 0.226 e. The lowest BCUT2D eigenvalue weighted by molar-refractivity contribution is -0.131. The monoisotopic (exact) mass is 235 g/mol. The predicted octanol–water partition coefficient (Wildman–Crippen LogP) is 0.261. The highest BCUT2D eigenvalue weighted by molar-refractivity contribution is 5.85. The van der Waals surface area contributed by atoms with Crippen LogP contribution < -0.4 is 16.4 Å². The third-order valence-electron chi connectivity index (χ3n) is 2.84. The molecule has 0 aromatic rings. The van der Waals surface area contributed by atoms with Crippen LogP contribution in [0, 0.1) is 5.41 Å². The maximum absolute atomic E-state index is 11.8. The highest BCUT2D eigenvalue weighted by Gasteiger charge is 2.34. The van der Waals surface area contributed by atoms with Crippen molar-refractivity contribution in [1.29, 1.82) is 0 Å². The van der Waals surface area contributed by atoms with Crippen molar-refractivity contribution in [3.8, 4) is 0 Å².